The molecule has 1 aromatic rings. The minimum absolute atomic E-state index is 0.175. The highest BCUT2D eigenvalue weighted by Crippen LogP contribution is 2.37. The van der Waals surface area contributed by atoms with Crippen molar-refractivity contribution in [3.63, 3.8) is 0 Å². The van der Waals surface area contributed by atoms with Crippen LogP contribution in [0.3, 0.4) is 0 Å². The molecule has 1 saturated heterocycles. The Bertz CT molecular complexity index is 391. The van der Waals surface area contributed by atoms with Gasteiger partial charge in [-0.25, -0.2) is 4.39 Å². The highest BCUT2D eigenvalue weighted by molar-refractivity contribution is 9.10. The van der Waals surface area contributed by atoms with Crippen LogP contribution in [-0.2, 0) is 6.54 Å². The molecule has 1 fully saturated rings. The molecule has 1 aliphatic rings. The summed E-state index contributed by atoms with van der Waals surface area (Å²) in [6.07, 6.45) is 2.58. The lowest BCUT2D eigenvalue weighted by molar-refractivity contribution is 0.535. The summed E-state index contributed by atoms with van der Waals surface area (Å²) in [6, 6.07) is 4.82. The Labute approximate surface area is 115 Å². The van der Waals surface area contributed by atoms with E-state index in [0.717, 1.165) is 16.6 Å². The van der Waals surface area contributed by atoms with E-state index in [1.807, 2.05) is 11.8 Å². The molecule has 1 N–H and O–H groups in total. The van der Waals surface area contributed by atoms with Gasteiger partial charge < -0.3 is 5.32 Å². The molecule has 0 radical (unpaired) electrons. The van der Waals surface area contributed by atoms with E-state index in [1.165, 1.54) is 24.7 Å². The minimum Gasteiger partial charge on any atom is -0.311 e. The summed E-state index contributed by atoms with van der Waals surface area (Å²) in [5.74, 6) is 1.09. The molecule has 1 aromatic carbocycles. The molecule has 1 aliphatic heterocycles. The fraction of sp³-hybridized carbons (Fsp3) is 0.538. The van der Waals surface area contributed by atoms with Crippen molar-refractivity contribution in [3.8, 4) is 0 Å². The molecule has 1 atom stereocenters. The first-order valence-electron chi connectivity index (χ1n) is 5.88. The average molecular weight is 318 g/mol. The molecular formula is C13H17BrFNS. The van der Waals surface area contributed by atoms with E-state index in [4.69, 9.17) is 0 Å². The van der Waals surface area contributed by atoms with Crippen molar-refractivity contribution in [3.05, 3.63) is 34.1 Å². The van der Waals surface area contributed by atoms with Gasteiger partial charge >= 0.3 is 0 Å². The largest absolute Gasteiger partial charge is 0.311 e. The van der Waals surface area contributed by atoms with Crippen molar-refractivity contribution < 1.29 is 4.39 Å². The van der Waals surface area contributed by atoms with Crippen molar-refractivity contribution in [1.82, 2.24) is 5.32 Å². The van der Waals surface area contributed by atoms with Gasteiger partial charge in [0.05, 0.1) is 0 Å². The molecule has 2 rings (SSSR count). The fourth-order valence-corrected chi connectivity index (χ4v) is 3.78. The van der Waals surface area contributed by atoms with Gasteiger partial charge in [0, 0.05) is 22.3 Å². The Kier molecular flexibility index (Phi) is 4.50. The van der Waals surface area contributed by atoms with Gasteiger partial charge in [-0.15, -0.1) is 0 Å². The minimum atomic E-state index is -0.175. The third-order valence-electron chi connectivity index (χ3n) is 3.12. The topological polar surface area (TPSA) is 12.0 Å². The van der Waals surface area contributed by atoms with E-state index < -0.39 is 0 Å². The second-order valence-electron chi connectivity index (χ2n) is 4.74. The highest BCUT2D eigenvalue weighted by atomic mass is 79.9. The maximum absolute atomic E-state index is 13.1. The highest BCUT2D eigenvalue weighted by Gasteiger charge is 2.28. The van der Waals surface area contributed by atoms with Gasteiger partial charge in [-0.2, -0.15) is 11.8 Å². The normalized spacial score (nSPS) is 24.2. The Hall–Kier alpha value is -0.0600. The van der Waals surface area contributed by atoms with Crippen LogP contribution in [0.15, 0.2) is 22.7 Å². The smallest absolute Gasteiger partial charge is 0.123 e. The van der Waals surface area contributed by atoms with Gasteiger partial charge in [0.2, 0.25) is 0 Å². The maximum atomic E-state index is 13.1. The lowest BCUT2D eigenvalue weighted by atomic mass is 10.1. The molecule has 0 bridgehead atoms. The quantitative estimate of drug-likeness (QED) is 0.902. The van der Waals surface area contributed by atoms with Crippen LogP contribution in [0.2, 0.25) is 0 Å². The summed E-state index contributed by atoms with van der Waals surface area (Å²) >= 11 is 5.48. The summed E-state index contributed by atoms with van der Waals surface area (Å²) in [6.45, 7) is 4.01. The van der Waals surface area contributed by atoms with Crippen molar-refractivity contribution in [1.29, 1.82) is 0 Å². The Morgan fingerprint density at radius 2 is 2.35 bits per heavy atom. The number of thioether (sulfide) groups is 1. The molecule has 1 heterocycles. The first-order valence-corrected chi connectivity index (χ1v) is 7.66. The zero-order valence-electron chi connectivity index (χ0n) is 9.93. The van der Waals surface area contributed by atoms with E-state index in [2.05, 4.69) is 28.2 Å². The third-order valence-corrected chi connectivity index (χ3v) is 5.43. The van der Waals surface area contributed by atoms with Gasteiger partial charge in [0.25, 0.3) is 0 Å². The number of benzene rings is 1. The van der Waals surface area contributed by atoms with E-state index >= 15 is 0 Å². The summed E-state index contributed by atoms with van der Waals surface area (Å²) < 4.78 is 14.4. The van der Waals surface area contributed by atoms with Crippen LogP contribution >= 0.6 is 27.7 Å². The standard InChI is InChI=1S/C13H17BrFNS/c1-13(5-2-6-17-13)9-16-8-10-7-11(15)3-4-12(10)14/h3-4,7,16H,2,5-6,8-9H2,1H3. The van der Waals surface area contributed by atoms with Crippen molar-refractivity contribution in [2.24, 2.45) is 0 Å². The lowest BCUT2D eigenvalue weighted by Crippen LogP contribution is -2.32. The zero-order valence-corrected chi connectivity index (χ0v) is 12.3. The summed E-state index contributed by atoms with van der Waals surface area (Å²) in [7, 11) is 0. The maximum Gasteiger partial charge on any atom is 0.123 e. The number of halogens is 2. The van der Waals surface area contributed by atoms with E-state index in [-0.39, 0.29) is 5.82 Å². The van der Waals surface area contributed by atoms with Gasteiger partial charge in [0.15, 0.2) is 0 Å². The molecule has 1 unspecified atom stereocenters. The SMILES string of the molecule is CC1(CNCc2cc(F)ccc2Br)CCCS1. The summed E-state index contributed by atoms with van der Waals surface area (Å²) in [5, 5.41) is 3.43. The second-order valence-corrected chi connectivity index (χ2v) is 7.28. The number of rotatable bonds is 4. The van der Waals surface area contributed by atoms with Crippen LogP contribution in [0, 0.1) is 5.82 Å². The fourth-order valence-electron chi connectivity index (χ4n) is 2.12. The van der Waals surface area contributed by atoms with Gasteiger partial charge in [-0.1, -0.05) is 15.9 Å². The Balaban J connectivity index is 1.87. The molecule has 4 heteroatoms. The first-order chi connectivity index (χ1) is 8.09. The van der Waals surface area contributed by atoms with Crippen LogP contribution in [0.25, 0.3) is 0 Å². The van der Waals surface area contributed by atoms with Crippen LogP contribution in [0.5, 0.6) is 0 Å². The summed E-state index contributed by atoms with van der Waals surface area (Å²) in [5.41, 5.74) is 0.983. The lowest BCUT2D eigenvalue weighted by Gasteiger charge is -2.23. The zero-order chi connectivity index (χ0) is 12.3. The predicted molar refractivity (Wildman–Crippen MR) is 75.9 cm³/mol. The summed E-state index contributed by atoms with van der Waals surface area (Å²) in [4.78, 5) is 0. The monoisotopic (exact) mass is 317 g/mol. The van der Waals surface area contributed by atoms with Crippen molar-refractivity contribution in [2.75, 3.05) is 12.3 Å². The Morgan fingerprint density at radius 1 is 1.53 bits per heavy atom. The number of nitrogens with one attached hydrogen (secondary N) is 1. The van der Waals surface area contributed by atoms with Gasteiger partial charge in [-0.05, 0) is 49.3 Å². The molecule has 0 amide bonds. The van der Waals surface area contributed by atoms with E-state index in [9.17, 15) is 4.39 Å². The Morgan fingerprint density at radius 3 is 3.06 bits per heavy atom. The van der Waals surface area contributed by atoms with E-state index in [0.29, 0.717) is 11.3 Å². The molecule has 94 valence electrons. The van der Waals surface area contributed by atoms with Crippen molar-refractivity contribution in [2.45, 2.75) is 31.1 Å². The molecule has 17 heavy (non-hydrogen) atoms. The second kappa shape index (κ2) is 5.72. The third kappa shape index (κ3) is 3.70. The molecule has 0 saturated carbocycles. The molecule has 1 nitrogen and oxygen atoms in total. The number of hydrogen-bond donors (Lipinski definition) is 1. The van der Waals surface area contributed by atoms with Crippen LogP contribution in [-0.4, -0.2) is 17.0 Å². The average Bonchev–Trinajstić information content (AvgIpc) is 2.71. The molecule has 0 aromatic heterocycles. The number of hydrogen-bond acceptors (Lipinski definition) is 2. The van der Waals surface area contributed by atoms with Crippen molar-refractivity contribution >= 4 is 27.7 Å². The molecular weight excluding hydrogens is 301 g/mol. The molecule has 0 aliphatic carbocycles. The van der Waals surface area contributed by atoms with Crippen LogP contribution < -0.4 is 5.32 Å². The van der Waals surface area contributed by atoms with Gasteiger partial charge in [0.1, 0.15) is 5.82 Å². The van der Waals surface area contributed by atoms with Crippen LogP contribution in [0.1, 0.15) is 25.3 Å². The van der Waals surface area contributed by atoms with Crippen LogP contribution in [0.4, 0.5) is 4.39 Å². The molecule has 0 spiro atoms. The predicted octanol–water partition coefficient (Wildman–Crippen LogP) is 3.96. The van der Waals surface area contributed by atoms with E-state index in [1.54, 1.807) is 12.1 Å². The first kappa shape index (κ1) is 13.4. The van der Waals surface area contributed by atoms with Gasteiger partial charge in [-0.3, -0.25) is 0 Å².